The average Bonchev–Trinajstić information content (AvgIpc) is 3.34. The normalized spacial score (nSPS) is 17.4. The highest BCUT2D eigenvalue weighted by Gasteiger charge is 2.24. The van der Waals surface area contributed by atoms with Gasteiger partial charge in [0.1, 0.15) is 6.07 Å². The topological polar surface area (TPSA) is 130 Å². The fourth-order valence-electron chi connectivity index (χ4n) is 4.21. The van der Waals surface area contributed by atoms with Crippen LogP contribution >= 0.6 is 0 Å². The number of carbonyl (C=O) groups is 2. The quantitative estimate of drug-likeness (QED) is 0.483. The van der Waals surface area contributed by atoms with Crippen LogP contribution in [0.25, 0.3) is 0 Å². The zero-order valence-electron chi connectivity index (χ0n) is 18.8. The lowest BCUT2D eigenvalue weighted by molar-refractivity contribution is -0.142. The highest BCUT2D eigenvalue weighted by molar-refractivity contribution is 6.00. The third-order valence-corrected chi connectivity index (χ3v) is 6.08. The Kier molecular flexibility index (Phi) is 7.18. The van der Waals surface area contributed by atoms with Crippen molar-refractivity contribution < 1.29 is 18.7 Å². The molecule has 9 heteroatoms. The Morgan fingerprint density at radius 1 is 1.09 bits per heavy atom. The largest absolute Gasteiger partial charge is 0.469 e. The number of nitrogens with zero attached hydrogens (tertiary/aromatic N) is 3. The van der Waals surface area contributed by atoms with Gasteiger partial charge in [0.05, 0.1) is 18.4 Å². The van der Waals surface area contributed by atoms with Gasteiger partial charge in [-0.15, -0.1) is 5.10 Å². The van der Waals surface area contributed by atoms with E-state index in [-0.39, 0.29) is 17.9 Å². The number of nitriles is 1. The Labute approximate surface area is 197 Å². The van der Waals surface area contributed by atoms with Crippen LogP contribution in [0, 0.1) is 17.2 Å². The van der Waals surface area contributed by atoms with Crippen LogP contribution in [-0.4, -0.2) is 29.2 Å². The molecule has 3 aromatic rings. The molecule has 1 fully saturated rings. The predicted molar refractivity (Wildman–Crippen MR) is 124 cm³/mol. The van der Waals surface area contributed by atoms with E-state index >= 15 is 0 Å². The third kappa shape index (κ3) is 5.59. The summed E-state index contributed by atoms with van der Waals surface area (Å²) in [5, 5.41) is 22.4. The zero-order valence-corrected chi connectivity index (χ0v) is 18.8. The Balaban J connectivity index is 1.31. The first-order valence-electron chi connectivity index (χ1n) is 11.1. The average molecular weight is 460 g/mol. The van der Waals surface area contributed by atoms with E-state index in [9.17, 15) is 14.9 Å². The molecule has 0 aliphatic heterocycles. The number of ether oxygens (including phenoxy) is 1. The second-order valence-electron chi connectivity index (χ2n) is 8.27. The van der Waals surface area contributed by atoms with Crippen molar-refractivity contribution in [3.05, 3.63) is 65.5 Å². The number of para-hydroxylation sites is 1. The van der Waals surface area contributed by atoms with Crippen LogP contribution < -0.4 is 10.6 Å². The van der Waals surface area contributed by atoms with Crippen LogP contribution in [0.5, 0.6) is 0 Å². The lowest BCUT2D eigenvalue weighted by Gasteiger charge is -2.28. The minimum Gasteiger partial charge on any atom is -0.469 e. The second-order valence-corrected chi connectivity index (χ2v) is 8.27. The fourth-order valence-corrected chi connectivity index (χ4v) is 4.21. The number of anilines is 3. The number of rotatable bonds is 7. The Bertz CT molecular complexity index is 1190. The van der Waals surface area contributed by atoms with E-state index in [0.717, 1.165) is 25.7 Å². The summed E-state index contributed by atoms with van der Waals surface area (Å²) in [6.07, 6.45) is 4.56. The number of carbonyl (C=O) groups excluding carboxylic acids is 2. The molecule has 0 bridgehead atoms. The molecule has 2 aromatic carbocycles. The molecule has 0 radical (unpaired) electrons. The van der Waals surface area contributed by atoms with E-state index in [1.165, 1.54) is 12.7 Å². The molecule has 9 nitrogen and oxygen atoms in total. The number of esters is 1. The Morgan fingerprint density at radius 3 is 2.53 bits per heavy atom. The Hall–Kier alpha value is -4.19. The van der Waals surface area contributed by atoms with E-state index in [1.54, 1.807) is 24.3 Å². The summed E-state index contributed by atoms with van der Waals surface area (Å²) in [7, 11) is 1.43. The van der Waals surface area contributed by atoms with E-state index in [2.05, 4.69) is 26.9 Å². The van der Waals surface area contributed by atoms with Crippen molar-refractivity contribution >= 4 is 29.3 Å². The molecule has 1 aromatic heterocycles. The molecule has 174 valence electrons. The molecule has 0 atom stereocenters. The van der Waals surface area contributed by atoms with Crippen molar-refractivity contribution in [3.63, 3.8) is 0 Å². The van der Waals surface area contributed by atoms with Gasteiger partial charge in [0, 0.05) is 12.1 Å². The fraction of sp³-hybridized carbons (Fsp3) is 0.320. The monoisotopic (exact) mass is 459 g/mol. The molecule has 0 saturated heterocycles. The molecule has 1 heterocycles. The van der Waals surface area contributed by atoms with Gasteiger partial charge in [-0.3, -0.25) is 9.59 Å². The summed E-state index contributed by atoms with van der Waals surface area (Å²) in [6.45, 7) is 0. The second kappa shape index (κ2) is 10.6. The number of hydrogen-bond donors (Lipinski definition) is 2. The molecule has 1 saturated carbocycles. The summed E-state index contributed by atoms with van der Waals surface area (Å²) in [4.78, 5) is 24.0. The van der Waals surface area contributed by atoms with Gasteiger partial charge in [0.25, 0.3) is 0 Å². The molecule has 0 unspecified atom stereocenters. The summed E-state index contributed by atoms with van der Waals surface area (Å²) in [6, 6.07) is 16.7. The molecule has 1 aliphatic rings. The lowest BCUT2D eigenvalue weighted by atomic mass is 9.77. The van der Waals surface area contributed by atoms with Gasteiger partial charge in [-0.1, -0.05) is 29.4 Å². The van der Waals surface area contributed by atoms with Crippen molar-refractivity contribution in [1.29, 1.82) is 5.26 Å². The molecular formula is C25H25N5O4. The molecule has 4 rings (SSSR count). The summed E-state index contributed by atoms with van der Waals surface area (Å²) >= 11 is 0. The maximum atomic E-state index is 12.5. The van der Waals surface area contributed by atoms with Crippen LogP contribution in [-0.2, 0) is 9.53 Å². The number of benzene rings is 2. The van der Waals surface area contributed by atoms with Gasteiger partial charge >= 0.3 is 23.8 Å². The molecule has 0 spiro atoms. The smallest absolute Gasteiger partial charge is 0.320 e. The zero-order chi connectivity index (χ0) is 23.9. The van der Waals surface area contributed by atoms with E-state index in [0.29, 0.717) is 35.2 Å². The van der Waals surface area contributed by atoms with Crippen LogP contribution in [0.1, 0.15) is 59.8 Å². The van der Waals surface area contributed by atoms with Gasteiger partial charge in [0.15, 0.2) is 0 Å². The third-order valence-electron chi connectivity index (χ3n) is 6.08. The van der Waals surface area contributed by atoms with Gasteiger partial charge in [0.2, 0.25) is 0 Å². The van der Waals surface area contributed by atoms with Gasteiger partial charge in [-0.25, -0.2) is 0 Å². The lowest BCUT2D eigenvalue weighted by Crippen LogP contribution is -2.17. The van der Waals surface area contributed by atoms with Crippen molar-refractivity contribution in [2.75, 3.05) is 17.7 Å². The highest BCUT2D eigenvalue weighted by Crippen LogP contribution is 2.37. The van der Waals surface area contributed by atoms with Crippen molar-refractivity contribution in [2.24, 2.45) is 5.92 Å². The summed E-state index contributed by atoms with van der Waals surface area (Å²) in [5.41, 5.74) is 2.77. The minimum absolute atomic E-state index is 0.0194. The molecule has 1 amide bonds. The Morgan fingerprint density at radius 2 is 1.82 bits per heavy atom. The van der Waals surface area contributed by atoms with Crippen molar-refractivity contribution in [1.82, 2.24) is 10.2 Å². The van der Waals surface area contributed by atoms with E-state index < -0.39 is 5.91 Å². The number of amides is 1. The number of hydrogen-bond acceptors (Lipinski definition) is 8. The maximum Gasteiger partial charge on any atom is 0.320 e. The van der Waals surface area contributed by atoms with Gasteiger partial charge in [-0.05, 0) is 67.3 Å². The van der Waals surface area contributed by atoms with Crippen LogP contribution in [0.4, 0.5) is 17.4 Å². The maximum absolute atomic E-state index is 12.5. The number of nitrogens with one attached hydrogen (secondary N) is 2. The van der Waals surface area contributed by atoms with Crippen LogP contribution in [0.15, 0.2) is 52.9 Å². The SMILES string of the molecule is COC(=O)CC1CCC(c2ccc(NC(=O)c3nnc(Nc4ccccc4C#N)o3)cc2)CC1. The van der Waals surface area contributed by atoms with E-state index in [1.807, 2.05) is 24.3 Å². The van der Waals surface area contributed by atoms with Crippen molar-refractivity contribution in [3.8, 4) is 6.07 Å². The first-order chi connectivity index (χ1) is 16.6. The first-order valence-corrected chi connectivity index (χ1v) is 11.1. The standard InChI is InChI=1S/C25H25N5O4/c1-33-22(31)14-16-6-8-17(9-7-16)18-10-12-20(13-11-18)27-23(32)24-29-30-25(34-24)28-21-5-3-2-4-19(21)15-26/h2-5,10-13,16-17H,6-9,14H2,1H3,(H,27,32)(H,28,30). The first kappa shape index (κ1) is 23.0. The molecule has 1 aliphatic carbocycles. The minimum atomic E-state index is -0.523. The van der Waals surface area contributed by atoms with E-state index in [4.69, 9.17) is 9.15 Å². The van der Waals surface area contributed by atoms with Gasteiger partial charge in [-0.2, -0.15) is 5.26 Å². The van der Waals surface area contributed by atoms with Crippen molar-refractivity contribution in [2.45, 2.75) is 38.0 Å². The van der Waals surface area contributed by atoms with Crippen LogP contribution in [0.3, 0.4) is 0 Å². The molecule has 2 N–H and O–H groups in total. The molecular weight excluding hydrogens is 434 g/mol. The highest BCUT2D eigenvalue weighted by atomic mass is 16.5. The van der Waals surface area contributed by atoms with Crippen LogP contribution in [0.2, 0.25) is 0 Å². The summed E-state index contributed by atoms with van der Waals surface area (Å²) in [5.74, 6) is -0.0150. The predicted octanol–water partition coefficient (Wildman–Crippen LogP) is 4.77. The number of methoxy groups -OCH3 is 1. The number of aromatic nitrogens is 2. The molecule has 34 heavy (non-hydrogen) atoms. The summed E-state index contributed by atoms with van der Waals surface area (Å²) < 4.78 is 10.2. The van der Waals surface area contributed by atoms with Gasteiger partial charge < -0.3 is 19.8 Å².